The van der Waals surface area contributed by atoms with Crippen molar-refractivity contribution in [1.82, 2.24) is 0 Å². The van der Waals surface area contributed by atoms with Gasteiger partial charge in [0, 0.05) is 0 Å². The minimum Gasteiger partial charge on any atom is -1.00 e. The zero-order valence-corrected chi connectivity index (χ0v) is 5.70. The SMILES string of the molecule is O=NO.[H-].[N-]=[N+]=N.[Na+]. The Bertz CT molecular complexity index is 59.1. The molecule has 7 heavy (non-hydrogen) atoms. The molecule has 0 atom stereocenters. The normalized spacial score (nSPS) is 2.86. The molecule has 0 heterocycles. The van der Waals surface area contributed by atoms with Gasteiger partial charge < -0.3 is 6.63 Å². The molecule has 0 unspecified atom stereocenters. The number of hydrogen-bond acceptors (Lipinski definition) is 3. The first kappa shape index (κ1) is 15.9. The molecular weight excluding hydrogens is 111 g/mol. The fourth-order valence-corrected chi connectivity index (χ4v) is 0. The molecular formula is H3N4NaO2. The molecule has 0 aliphatic rings. The van der Waals surface area contributed by atoms with Crippen LogP contribution in [-0.2, 0) is 0 Å². The van der Waals surface area contributed by atoms with Gasteiger partial charge in [-0.25, -0.2) is 0 Å². The minimum absolute atomic E-state index is 0. The van der Waals surface area contributed by atoms with Gasteiger partial charge in [0.05, 0.1) is 0 Å². The van der Waals surface area contributed by atoms with Gasteiger partial charge in [-0.3, -0.25) is 0 Å². The van der Waals surface area contributed by atoms with Gasteiger partial charge in [0.1, 0.15) is 0 Å². The van der Waals surface area contributed by atoms with Crippen molar-refractivity contribution in [3.05, 3.63) is 15.3 Å². The molecule has 0 amide bonds. The monoisotopic (exact) mass is 114 g/mol. The smallest absolute Gasteiger partial charge is 1.00 e. The van der Waals surface area contributed by atoms with Gasteiger partial charge >= 0.3 is 29.6 Å². The Kier molecular flexibility index (Phi) is 98.4. The minimum atomic E-state index is 0. The summed E-state index contributed by atoms with van der Waals surface area (Å²) in [7, 11) is 0. The first-order valence-corrected chi connectivity index (χ1v) is 0.806. The molecule has 0 aromatic carbocycles. The van der Waals surface area contributed by atoms with Gasteiger partial charge in [0.15, 0.2) is 5.34 Å². The maximum absolute atomic E-state index is 8.11. The standard InChI is InChI=1S/HN3.HNO2.Na.H/c1-3-2;2-1-3;;/h1H;(H,2,3);;/q;;+1;-1. The van der Waals surface area contributed by atoms with Gasteiger partial charge in [-0.2, -0.15) is 0 Å². The predicted molar refractivity (Wildman–Crippen MR) is 18.1 cm³/mol. The summed E-state index contributed by atoms with van der Waals surface area (Å²) in [6.07, 6.45) is 0. The van der Waals surface area contributed by atoms with Gasteiger partial charge in [-0.1, -0.05) is 0 Å². The van der Waals surface area contributed by atoms with Crippen LogP contribution in [0.3, 0.4) is 0 Å². The Morgan fingerprint density at radius 2 is 2.00 bits per heavy atom. The van der Waals surface area contributed by atoms with Crippen LogP contribution in [0.4, 0.5) is 0 Å². The topological polar surface area (TPSA) is 110 Å². The molecule has 0 rings (SSSR count). The average molecular weight is 114 g/mol. The Labute approximate surface area is 62.6 Å². The van der Waals surface area contributed by atoms with Crippen molar-refractivity contribution in [1.29, 1.82) is 5.53 Å². The van der Waals surface area contributed by atoms with Crippen molar-refractivity contribution in [3.8, 4) is 0 Å². The second-order valence-corrected chi connectivity index (χ2v) is 0.182. The van der Waals surface area contributed by atoms with Crippen LogP contribution >= 0.6 is 0 Å². The Morgan fingerprint density at radius 3 is 2.00 bits per heavy atom. The van der Waals surface area contributed by atoms with Gasteiger partial charge in [0.25, 0.3) is 0 Å². The zero-order chi connectivity index (χ0) is 5.41. The van der Waals surface area contributed by atoms with Crippen LogP contribution in [0.5, 0.6) is 0 Å². The quantitative estimate of drug-likeness (QED) is 0.0960. The summed E-state index contributed by atoms with van der Waals surface area (Å²) >= 11 is 0. The maximum Gasteiger partial charge on any atom is 1.00 e. The number of nitrogens with zero attached hydrogens (tertiary/aromatic N) is 3. The summed E-state index contributed by atoms with van der Waals surface area (Å²) in [4.78, 5) is 9.86. The first-order chi connectivity index (χ1) is 2.83. The second kappa shape index (κ2) is 43.3. The summed E-state index contributed by atoms with van der Waals surface area (Å²) in [6, 6.07) is 0. The van der Waals surface area contributed by atoms with Crippen molar-refractivity contribution in [2.24, 2.45) is 5.34 Å². The van der Waals surface area contributed by atoms with E-state index in [1.807, 2.05) is 0 Å². The van der Waals surface area contributed by atoms with Crippen LogP contribution in [0.1, 0.15) is 1.43 Å². The third kappa shape index (κ3) is 935. The molecule has 0 aliphatic carbocycles. The Hall–Kier alpha value is -0.290. The molecule has 0 bridgehead atoms. The van der Waals surface area contributed by atoms with Crippen molar-refractivity contribution >= 4 is 0 Å². The third-order valence-corrected chi connectivity index (χ3v) is 0. The molecule has 0 radical (unpaired) electrons. The third-order valence-electron chi connectivity index (χ3n) is 0. The molecule has 36 valence electrons. The molecule has 0 saturated heterocycles. The van der Waals surface area contributed by atoms with E-state index in [-0.39, 0.29) is 31.0 Å². The fraction of sp³-hybridized carbons (Fsp3) is 0. The molecule has 0 aliphatic heterocycles. The molecule has 0 aromatic heterocycles. The maximum atomic E-state index is 8.11. The second-order valence-electron chi connectivity index (χ2n) is 0.182. The van der Waals surface area contributed by atoms with Gasteiger partial charge in [0.2, 0.25) is 0 Å². The van der Waals surface area contributed by atoms with Crippen LogP contribution in [0, 0.1) is 10.4 Å². The largest absolute Gasteiger partial charge is 1.00 e. The Balaban J connectivity index is -0.0000000160. The van der Waals surface area contributed by atoms with Crippen LogP contribution in [0.25, 0.3) is 10.4 Å². The van der Waals surface area contributed by atoms with Gasteiger partial charge in [-0.15, -0.1) is 10.4 Å². The molecule has 2 N–H and O–H groups in total. The summed E-state index contributed by atoms with van der Waals surface area (Å²) in [5, 5.41) is 7.89. The van der Waals surface area contributed by atoms with Crippen molar-refractivity contribution in [2.75, 3.05) is 0 Å². The van der Waals surface area contributed by atoms with Gasteiger partial charge in [-0.05, 0) is 10.4 Å². The predicted octanol–water partition coefficient (Wildman–Crippen LogP) is -1.87. The fourth-order valence-electron chi connectivity index (χ4n) is 0. The molecule has 0 saturated carbocycles. The van der Waals surface area contributed by atoms with Crippen molar-refractivity contribution in [2.45, 2.75) is 0 Å². The summed E-state index contributed by atoms with van der Waals surface area (Å²) in [5.41, 5.74) is 12.2. The van der Waals surface area contributed by atoms with Crippen LogP contribution in [0.2, 0.25) is 0 Å². The zero-order valence-electron chi connectivity index (χ0n) is 4.70. The Morgan fingerprint density at radius 1 is 2.00 bits per heavy atom. The molecule has 6 nitrogen and oxygen atoms in total. The van der Waals surface area contributed by atoms with E-state index < -0.39 is 0 Å². The number of hydrogen-bond donors (Lipinski definition) is 2. The van der Waals surface area contributed by atoms with E-state index >= 15 is 0 Å². The van der Waals surface area contributed by atoms with Crippen LogP contribution in [0.15, 0.2) is 5.34 Å². The molecule has 0 aromatic rings. The van der Waals surface area contributed by atoms with E-state index in [1.165, 1.54) is 5.34 Å². The van der Waals surface area contributed by atoms with E-state index in [0.717, 1.165) is 0 Å². The van der Waals surface area contributed by atoms with E-state index in [1.54, 1.807) is 4.91 Å². The molecule has 7 heteroatoms. The molecule has 0 spiro atoms. The van der Waals surface area contributed by atoms with Crippen molar-refractivity contribution in [3.63, 3.8) is 0 Å². The summed E-state index contributed by atoms with van der Waals surface area (Å²) < 4.78 is 0. The number of nitrogens with one attached hydrogen (secondary N) is 1. The van der Waals surface area contributed by atoms with E-state index in [2.05, 4.69) is 0 Å². The van der Waals surface area contributed by atoms with E-state index in [4.69, 9.17) is 21.2 Å². The van der Waals surface area contributed by atoms with E-state index in [0.29, 0.717) is 0 Å². The van der Waals surface area contributed by atoms with Crippen LogP contribution in [-0.4, -0.2) is 5.21 Å². The number of rotatable bonds is 0. The van der Waals surface area contributed by atoms with Crippen molar-refractivity contribution < 1.29 is 36.2 Å². The van der Waals surface area contributed by atoms with Crippen LogP contribution < -0.4 is 29.6 Å². The summed E-state index contributed by atoms with van der Waals surface area (Å²) in [5.74, 6) is 0. The van der Waals surface area contributed by atoms with E-state index in [9.17, 15) is 0 Å². The average Bonchev–Trinajstić information content (AvgIpc) is 1.39. The summed E-state index contributed by atoms with van der Waals surface area (Å²) in [6.45, 7) is 0. The first-order valence-electron chi connectivity index (χ1n) is 0.806. The molecule has 0 fully saturated rings.